The third-order valence-electron chi connectivity index (χ3n) is 5.57. The molecule has 1 unspecified atom stereocenters. The molecular weight excluding hydrogens is 426 g/mol. The van der Waals surface area contributed by atoms with Gasteiger partial charge < -0.3 is 30.5 Å². The van der Waals surface area contributed by atoms with E-state index in [2.05, 4.69) is 10.6 Å². The maximum absolute atomic E-state index is 12.6. The number of ether oxygens (including phenoxy) is 1. The zero-order valence-electron chi connectivity index (χ0n) is 18.7. The first kappa shape index (κ1) is 24.2. The summed E-state index contributed by atoms with van der Waals surface area (Å²) < 4.78 is 5.50. The molecule has 1 aliphatic rings. The predicted octanol–water partition coefficient (Wildman–Crippen LogP) is 1.41. The third-order valence-corrected chi connectivity index (χ3v) is 5.57. The topological polar surface area (TPSA) is 128 Å². The first-order chi connectivity index (χ1) is 15.8. The summed E-state index contributed by atoms with van der Waals surface area (Å²) in [7, 11) is 3.66. The van der Waals surface area contributed by atoms with Crippen LogP contribution in [0.4, 0.5) is 4.79 Å². The van der Waals surface area contributed by atoms with Crippen molar-refractivity contribution in [2.45, 2.75) is 24.5 Å². The van der Waals surface area contributed by atoms with Crippen LogP contribution in [0.3, 0.4) is 0 Å². The van der Waals surface area contributed by atoms with Crippen LogP contribution in [0.2, 0.25) is 0 Å². The molecule has 0 aliphatic heterocycles. The monoisotopic (exact) mass is 455 g/mol. The average Bonchev–Trinajstić information content (AvgIpc) is 3.12. The molecule has 0 fully saturated rings. The molecule has 3 rings (SSSR count). The Hall–Kier alpha value is -3.43. The lowest BCUT2D eigenvalue weighted by Gasteiger charge is -2.21. The number of hydrogen-bond donors (Lipinski definition) is 4. The van der Waals surface area contributed by atoms with E-state index in [0.29, 0.717) is 6.54 Å². The Morgan fingerprint density at radius 1 is 1.03 bits per heavy atom. The van der Waals surface area contributed by atoms with Crippen molar-refractivity contribution in [2.24, 2.45) is 0 Å². The summed E-state index contributed by atoms with van der Waals surface area (Å²) in [4.78, 5) is 37.7. The highest BCUT2D eigenvalue weighted by molar-refractivity contribution is 5.86. The second kappa shape index (κ2) is 10.9. The minimum absolute atomic E-state index is 0.108. The zero-order valence-corrected chi connectivity index (χ0v) is 18.7. The molecule has 9 nitrogen and oxygen atoms in total. The number of fused-ring (bicyclic) bond motifs is 3. The Morgan fingerprint density at radius 2 is 1.61 bits per heavy atom. The normalized spacial score (nSPS) is 14.2. The largest absolute Gasteiger partial charge is 0.479 e. The van der Waals surface area contributed by atoms with Crippen LogP contribution in [0.1, 0.15) is 23.5 Å². The van der Waals surface area contributed by atoms with Crippen molar-refractivity contribution in [3.8, 4) is 11.1 Å². The Kier molecular flexibility index (Phi) is 8.02. The third kappa shape index (κ3) is 6.09. The average molecular weight is 456 g/mol. The summed E-state index contributed by atoms with van der Waals surface area (Å²) in [6.45, 7) is 0.155. The van der Waals surface area contributed by atoms with Crippen LogP contribution in [0, 0.1) is 0 Å². The van der Waals surface area contributed by atoms with Gasteiger partial charge in [0.05, 0.1) is 6.54 Å². The van der Waals surface area contributed by atoms with Gasteiger partial charge in [0, 0.05) is 5.92 Å². The molecule has 4 N–H and O–H groups in total. The van der Waals surface area contributed by atoms with Crippen molar-refractivity contribution >= 4 is 18.0 Å². The molecular formula is C24H29N3O6. The molecule has 0 radical (unpaired) electrons. The molecule has 0 heterocycles. The Morgan fingerprint density at radius 3 is 2.15 bits per heavy atom. The molecule has 1 aliphatic carbocycles. The zero-order chi connectivity index (χ0) is 24.0. The molecule has 2 aromatic rings. The van der Waals surface area contributed by atoms with Crippen molar-refractivity contribution in [3.63, 3.8) is 0 Å². The van der Waals surface area contributed by atoms with E-state index in [1.54, 1.807) is 0 Å². The van der Waals surface area contributed by atoms with Crippen LogP contribution < -0.4 is 10.6 Å². The van der Waals surface area contributed by atoms with Crippen molar-refractivity contribution < 1.29 is 29.3 Å². The number of amides is 2. The van der Waals surface area contributed by atoms with Gasteiger partial charge in [0.2, 0.25) is 5.91 Å². The minimum Gasteiger partial charge on any atom is -0.479 e. The molecule has 0 spiro atoms. The van der Waals surface area contributed by atoms with Crippen molar-refractivity contribution in [2.75, 3.05) is 33.8 Å². The van der Waals surface area contributed by atoms with E-state index in [-0.39, 0.29) is 18.9 Å². The molecule has 0 bridgehead atoms. The van der Waals surface area contributed by atoms with Gasteiger partial charge >= 0.3 is 12.1 Å². The van der Waals surface area contributed by atoms with Crippen molar-refractivity contribution in [3.05, 3.63) is 59.7 Å². The lowest BCUT2D eigenvalue weighted by Crippen LogP contribution is -2.50. The number of aliphatic carboxylic acids is 1. The molecule has 9 heteroatoms. The van der Waals surface area contributed by atoms with Gasteiger partial charge in [-0.2, -0.15) is 0 Å². The van der Waals surface area contributed by atoms with Gasteiger partial charge in [0.25, 0.3) is 0 Å². The SMILES string of the molecule is CN(C)CCC(NC(=O)OCC1c2ccccc2-c2ccccc21)C(=O)NC[C@H](O)C(=O)O. The predicted molar refractivity (Wildman–Crippen MR) is 122 cm³/mol. The highest BCUT2D eigenvalue weighted by atomic mass is 16.5. The van der Waals surface area contributed by atoms with E-state index in [4.69, 9.17) is 9.84 Å². The van der Waals surface area contributed by atoms with Crippen molar-refractivity contribution in [1.82, 2.24) is 15.5 Å². The fraction of sp³-hybridized carbons (Fsp3) is 0.375. The second-order valence-corrected chi connectivity index (χ2v) is 8.21. The maximum Gasteiger partial charge on any atom is 0.407 e. The van der Waals surface area contributed by atoms with Crippen LogP contribution in [-0.4, -0.2) is 79.0 Å². The molecule has 33 heavy (non-hydrogen) atoms. The Labute approximate surface area is 192 Å². The lowest BCUT2D eigenvalue weighted by atomic mass is 9.98. The number of carboxylic acid groups (broad SMARTS) is 1. The summed E-state index contributed by atoms with van der Waals surface area (Å²) in [5.74, 6) is -2.14. The number of nitrogens with zero attached hydrogens (tertiary/aromatic N) is 1. The standard InChI is InChI=1S/C24H29N3O6/c1-27(2)12-11-20(22(29)25-13-21(28)23(30)31)26-24(32)33-14-19-17-9-5-3-7-15(17)16-8-4-6-10-18(16)19/h3-10,19-21,28H,11-14H2,1-2H3,(H,25,29)(H,26,32)(H,30,31)/t20?,21-/m0/s1. The first-order valence-corrected chi connectivity index (χ1v) is 10.7. The number of carbonyl (C=O) groups excluding carboxylic acids is 2. The highest BCUT2D eigenvalue weighted by Crippen LogP contribution is 2.44. The molecule has 0 saturated heterocycles. The quantitative estimate of drug-likeness (QED) is 0.426. The number of hydrogen-bond acceptors (Lipinski definition) is 6. The van der Waals surface area contributed by atoms with Gasteiger partial charge in [-0.3, -0.25) is 4.79 Å². The number of benzene rings is 2. The molecule has 2 amide bonds. The Balaban J connectivity index is 1.63. The van der Waals surface area contributed by atoms with Gasteiger partial charge in [-0.1, -0.05) is 48.5 Å². The van der Waals surface area contributed by atoms with E-state index in [9.17, 15) is 19.5 Å². The smallest absolute Gasteiger partial charge is 0.407 e. The maximum atomic E-state index is 12.6. The second-order valence-electron chi connectivity index (χ2n) is 8.21. The summed E-state index contributed by atoms with van der Waals surface area (Å²) >= 11 is 0. The minimum atomic E-state index is -1.72. The fourth-order valence-corrected chi connectivity index (χ4v) is 3.85. The fourth-order valence-electron chi connectivity index (χ4n) is 3.85. The molecule has 2 atom stereocenters. The molecule has 0 saturated carbocycles. The molecule has 0 aromatic heterocycles. The van der Waals surface area contributed by atoms with Gasteiger partial charge in [0.1, 0.15) is 12.6 Å². The van der Waals surface area contributed by atoms with E-state index < -0.39 is 36.7 Å². The van der Waals surface area contributed by atoms with E-state index >= 15 is 0 Å². The van der Waals surface area contributed by atoms with Crippen LogP contribution in [0.5, 0.6) is 0 Å². The van der Waals surface area contributed by atoms with Crippen LogP contribution >= 0.6 is 0 Å². The Bertz CT molecular complexity index is 964. The highest BCUT2D eigenvalue weighted by Gasteiger charge is 2.30. The number of aliphatic hydroxyl groups excluding tert-OH is 1. The van der Waals surface area contributed by atoms with E-state index in [1.165, 1.54) is 0 Å². The van der Waals surface area contributed by atoms with Gasteiger partial charge in [-0.25, -0.2) is 9.59 Å². The number of alkyl carbamates (subject to hydrolysis) is 1. The van der Waals surface area contributed by atoms with Gasteiger partial charge in [0.15, 0.2) is 6.10 Å². The first-order valence-electron chi connectivity index (χ1n) is 10.7. The number of nitrogens with one attached hydrogen (secondary N) is 2. The number of carbonyl (C=O) groups is 3. The molecule has 2 aromatic carbocycles. The number of aliphatic hydroxyl groups is 1. The van der Waals surface area contributed by atoms with Crippen LogP contribution in [0.15, 0.2) is 48.5 Å². The van der Waals surface area contributed by atoms with E-state index in [1.807, 2.05) is 67.5 Å². The van der Waals surface area contributed by atoms with Crippen molar-refractivity contribution in [1.29, 1.82) is 0 Å². The van der Waals surface area contributed by atoms with Crippen LogP contribution in [-0.2, 0) is 14.3 Å². The summed E-state index contributed by atoms with van der Waals surface area (Å²) in [5.41, 5.74) is 4.39. The summed E-state index contributed by atoms with van der Waals surface area (Å²) in [6.07, 6.45) is -2.18. The van der Waals surface area contributed by atoms with Crippen LogP contribution in [0.25, 0.3) is 11.1 Å². The number of carboxylic acids is 1. The van der Waals surface area contributed by atoms with Gasteiger partial charge in [-0.05, 0) is 49.3 Å². The molecule has 176 valence electrons. The summed E-state index contributed by atoms with van der Waals surface area (Å²) in [5, 5.41) is 23.1. The van der Waals surface area contributed by atoms with Gasteiger partial charge in [-0.15, -0.1) is 0 Å². The number of rotatable bonds is 10. The lowest BCUT2D eigenvalue weighted by molar-refractivity contribution is -0.146. The van der Waals surface area contributed by atoms with E-state index in [0.717, 1.165) is 22.3 Å². The summed E-state index contributed by atoms with van der Waals surface area (Å²) in [6, 6.07) is 15.0.